The van der Waals surface area contributed by atoms with Crippen molar-refractivity contribution in [3.8, 4) is 0 Å². The van der Waals surface area contributed by atoms with Gasteiger partial charge in [0.2, 0.25) is 5.91 Å². The molecular weight excluding hydrogens is 321 g/mol. The predicted octanol–water partition coefficient (Wildman–Crippen LogP) is 2.21. The van der Waals surface area contributed by atoms with E-state index >= 15 is 0 Å². The van der Waals surface area contributed by atoms with E-state index in [1.807, 2.05) is 11.6 Å². The quantitative estimate of drug-likeness (QED) is 0.924. The van der Waals surface area contributed by atoms with Crippen molar-refractivity contribution in [2.24, 2.45) is 0 Å². The lowest BCUT2D eigenvalue weighted by atomic mass is 10.1. The van der Waals surface area contributed by atoms with Gasteiger partial charge in [0.25, 0.3) is 0 Å². The summed E-state index contributed by atoms with van der Waals surface area (Å²) < 4.78 is 16.0. The van der Waals surface area contributed by atoms with E-state index in [-0.39, 0.29) is 23.8 Å². The summed E-state index contributed by atoms with van der Waals surface area (Å²) >= 11 is 0. The Morgan fingerprint density at radius 2 is 2.08 bits per heavy atom. The molecule has 1 amide bonds. The number of fused-ring (bicyclic) bond motifs is 1. The third-order valence-electron chi connectivity index (χ3n) is 4.99. The van der Waals surface area contributed by atoms with Gasteiger partial charge in [-0.1, -0.05) is 19.1 Å². The van der Waals surface area contributed by atoms with Gasteiger partial charge < -0.3 is 4.90 Å². The van der Waals surface area contributed by atoms with Gasteiger partial charge in [-0.25, -0.2) is 14.1 Å². The zero-order chi connectivity index (χ0) is 17.4. The van der Waals surface area contributed by atoms with Crippen molar-refractivity contribution in [3.63, 3.8) is 0 Å². The number of rotatable bonds is 4. The van der Waals surface area contributed by atoms with E-state index in [9.17, 15) is 9.18 Å². The summed E-state index contributed by atoms with van der Waals surface area (Å²) in [6, 6.07) is 6.14. The molecule has 7 heteroatoms. The highest BCUT2D eigenvalue weighted by molar-refractivity contribution is 5.99. The van der Waals surface area contributed by atoms with E-state index in [4.69, 9.17) is 0 Å². The molecule has 0 aliphatic carbocycles. The third-order valence-corrected chi connectivity index (χ3v) is 4.99. The molecule has 0 spiro atoms. The molecule has 1 fully saturated rings. The van der Waals surface area contributed by atoms with Gasteiger partial charge >= 0.3 is 0 Å². The Morgan fingerprint density at radius 1 is 1.24 bits per heavy atom. The number of para-hydroxylation sites is 1. The van der Waals surface area contributed by atoms with Crippen LogP contribution in [0.25, 0.3) is 0 Å². The maximum Gasteiger partial charge on any atom is 0.244 e. The van der Waals surface area contributed by atoms with Gasteiger partial charge in [0, 0.05) is 19.5 Å². The molecule has 1 saturated heterocycles. The fourth-order valence-electron chi connectivity index (χ4n) is 3.69. The highest BCUT2D eigenvalue weighted by Gasteiger charge is 2.36. The van der Waals surface area contributed by atoms with Crippen molar-refractivity contribution in [3.05, 3.63) is 41.7 Å². The molecule has 132 valence electrons. The largest absolute Gasteiger partial charge is 0.308 e. The first-order chi connectivity index (χ1) is 12.2. The second-order valence-corrected chi connectivity index (χ2v) is 6.61. The standard InChI is InChI=1S/C18H22FN5O/c1-2-16-21-17-13(7-5-10-24(17)22-16)20-14-9-11-23(18(14)25)15-8-4-3-6-12(15)19/h3-4,6,8,13-14,20H,2,5,7,9-11H2,1H3/t13-,14-/m0/s1. The van der Waals surface area contributed by atoms with E-state index in [2.05, 4.69) is 15.4 Å². The van der Waals surface area contributed by atoms with Crippen LogP contribution < -0.4 is 10.2 Å². The highest BCUT2D eigenvalue weighted by atomic mass is 19.1. The number of nitrogens with zero attached hydrogens (tertiary/aromatic N) is 4. The first-order valence-electron chi connectivity index (χ1n) is 8.93. The number of aryl methyl sites for hydroxylation is 2. The molecule has 1 aromatic heterocycles. The number of carbonyl (C=O) groups is 1. The van der Waals surface area contributed by atoms with Crippen LogP contribution in [0.4, 0.5) is 10.1 Å². The summed E-state index contributed by atoms with van der Waals surface area (Å²) in [5, 5.41) is 7.95. The third kappa shape index (κ3) is 2.93. The van der Waals surface area contributed by atoms with E-state index < -0.39 is 0 Å². The minimum atomic E-state index is -0.360. The average Bonchev–Trinajstić information content (AvgIpc) is 3.20. The van der Waals surface area contributed by atoms with Crippen LogP contribution >= 0.6 is 0 Å². The molecule has 0 bridgehead atoms. The molecule has 2 atom stereocenters. The molecule has 2 aliphatic heterocycles. The normalized spacial score (nSPS) is 23.1. The Kier molecular flexibility index (Phi) is 4.25. The van der Waals surface area contributed by atoms with Gasteiger partial charge in [-0.15, -0.1) is 0 Å². The average molecular weight is 343 g/mol. The number of hydrogen-bond donors (Lipinski definition) is 1. The summed E-state index contributed by atoms with van der Waals surface area (Å²) in [5.74, 6) is 1.33. The van der Waals surface area contributed by atoms with Crippen LogP contribution in [0, 0.1) is 5.82 Å². The van der Waals surface area contributed by atoms with Crippen LogP contribution in [-0.4, -0.2) is 33.3 Å². The lowest BCUT2D eigenvalue weighted by molar-refractivity contribution is -0.119. The minimum absolute atomic E-state index is 0.0241. The van der Waals surface area contributed by atoms with Gasteiger partial charge in [0.15, 0.2) is 5.82 Å². The molecular formula is C18H22FN5O. The smallest absolute Gasteiger partial charge is 0.244 e. The van der Waals surface area contributed by atoms with Crippen molar-refractivity contribution in [1.29, 1.82) is 0 Å². The fourth-order valence-corrected chi connectivity index (χ4v) is 3.69. The molecule has 3 heterocycles. The molecule has 6 nitrogen and oxygen atoms in total. The summed E-state index contributed by atoms with van der Waals surface area (Å²) in [6.07, 6.45) is 3.41. The Balaban J connectivity index is 1.51. The van der Waals surface area contributed by atoms with Crippen molar-refractivity contribution in [1.82, 2.24) is 20.1 Å². The highest BCUT2D eigenvalue weighted by Crippen LogP contribution is 2.28. The molecule has 1 N–H and O–H groups in total. The van der Waals surface area contributed by atoms with Crippen molar-refractivity contribution in [2.75, 3.05) is 11.4 Å². The second kappa shape index (κ2) is 6.55. The van der Waals surface area contributed by atoms with E-state index in [0.717, 1.165) is 37.5 Å². The van der Waals surface area contributed by atoms with Crippen LogP contribution in [0.15, 0.2) is 24.3 Å². The number of halogens is 1. The summed E-state index contributed by atoms with van der Waals surface area (Å²) in [4.78, 5) is 18.9. The van der Waals surface area contributed by atoms with Crippen LogP contribution in [0.3, 0.4) is 0 Å². The summed E-state index contributed by atoms with van der Waals surface area (Å²) in [5.41, 5.74) is 0.358. The maximum atomic E-state index is 14.0. The number of benzene rings is 1. The predicted molar refractivity (Wildman–Crippen MR) is 91.7 cm³/mol. The number of nitrogens with one attached hydrogen (secondary N) is 1. The SMILES string of the molecule is CCc1nc2n(n1)CCC[C@@H]2N[C@H]1CCN(c2ccccc2F)C1=O. The van der Waals surface area contributed by atoms with Crippen molar-refractivity contribution >= 4 is 11.6 Å². The number of anilines is 1. The van der Waals surface area contributed by atoms with Gasteiger partial charge in [-0.2, -0.15) is 5.10 Å². The molecule has 0 saturated carbocycles. The number of amides is 1. The fraction of sp³-hybridized carbons (Fsp3) is 0.500. The van der Waals surface area contributed by atoms with Gasteiger partial charge in [-0.3, -0.25) is 10.1 Å². The Bertz CT molecular complexity index is 790. The maximum absolute atomic E-state index is 14.0. The summed E-state index contributed by atoms with van der Waals surface area (Å²) in [6.45, 7) is 3.44. The monoisotopic (exact) mass is 343 g/mol. The molecule has 4 rings (SSSR count). The van der Waals surface area contributed by atoms with Gasteiger partial charge in [-0.05, 0) is 31.4 Å². The number of hydrogen-bond acceptors (Lipinski definition) is 4. The molecule has 2 aliphatic rings. The van der Waals surface area contributed by atoms with Crippen LogP contribution in [0.1, 0.15) is 43.9 Å². The summed E-state index contributed by atoms with van der Waals surface area (Å²) in [7, 11) is 0. The van der Waals surface area contributed by atoms with E-state index in [0.29, 0.717) is 18.7 Å². The van der Waals surface area contributed by atoms with Crippen molar-refractivity contribution < 1.29 is 9.18 Å². The lowest BCUT2D eigenvalue weighted by Gasteiger charge is -2.26. The zero-order valence-electron chi connectivity index (χ0n) is 14.3. The van der Waals surface area contributed by atoms with Gasteiger partial charge in [0.05, 0.1) is 17.8 Å². The molecule has 25 heavy (non-hydrogen) atoms. The van der Waals surface area contributed by atoms with Crippen LogP contribution in [0.5, 0.6) is 0 Å². The van der Waals surface area contributed by atoms with E-state index in [1.54, 1.807) is 18.2 Å². The molecule has 0 unspecified atom stereocenters. The Morgan fingerprint density at radius 3 is 2.88 bits per heavy atom. The Hall–Kier alpha value is -2.28. The molecule has 2 aromatic rings. The second-order valence-electron chi connectivity index (χ2n) is 6.61. The Labute approximate surface area is 146 Å². The minimum Gasteiger partial charge on any atom is -0.308 e. The first kappa shape index (κ1) is 16.2. The topological polar surface area (TPSA) is 63.1 Å². The van der Waals surface area contributed by atoms with Crippen LogP contribution in [-0.2, 0) is 17.8 Å². The number of carbonyl (C=O) groups excluding carboxylic acids is 1. The van der Waals surface area contributed by atoms with Crippen LogP contribution in [0.2, 0.25) is 0 Å². The molecule has 0 radical (unpaired) electrons. The molecule has 1 aromatic carbocycles. The first-order valence-corrected chi connectivity index (χ1v) is 8.93. The zero-order valence-corrected chi connectivity index (χ0v) is 14.3. The lowest BCUT2D eigenvalue weighted by Crippen LogP contribution is -2.42. The number of aromatic nitrogens is 3. The van der Waals surface area contributed by atoms with Crippen molar-refractivity contribution in [2.45, 2.75) is 51.2 Å². The van der Waals surface area contributed by atoms with E-state index in [1.165, 1.54) is 11.0 Å². The van der Waals surface area contributed by atoms with Gasteiger partial charge in [0.1, 0.15) is 11.6 Å².